The van der Waals surface area contributed by atoms with Crippen molar-refractivity contribution in [3.05, 3.63) is 22.9 Å². The summed E-state index contributed by atoms with van der Waals surface area (Å²) < 4.78 is 9.67. The molecule has 0 aromatic carbocycles. The lowest BCUT2D eigenvalue weighted by Crippen LogP contribution is -2.25. The van der Waals surface area contributed by atoms with Crippen molar-refractivity contribution in [3.63, 3.8) is 0 Å². The van der Waals surface area contributed by atoms with Gasteiger partial charge >= 0.3 is 11.9 Å². The van der Waals surface area contributed by atoms with Crippen LogP contribution in [0, 0.1) is 0 Å². The summed E-state index contributed by atoms with van der Waals surface area (Å²) in [5.74, 6) is -1.71. The van der Waals surface area contributed by atoms with E-state index in [2.05, 4.69) is 9.72 Å². The Morgan fingerprint density at radius 2 is 1.85 bits per heavy atom. The molecule has 0 unspecified atom stereocenters. The van der Waals surface area contributed by atoms with Crippen LogP contribution in [0.3, 0.4) is 0 Å². The Hall–Kier alpha value is -2.44. The predicted molar refractivity (Wildman–Crippen MR) is 70.5 cm³/mol. The van der Waals surface area contributed by atoms with Gasteiger partial charge in [0.15, 0.2) is 6.29 Å². The van der Waals surface area contributed by atoms with E-state index in [1.807, 2.05) is 0 Å². The normalized spacial score (nSPS) is 10.8. The Bertz CT molecular complexity index is 561. The fourth-order valence-electron chi connectivity index (χ4n) is 1.40. The molecule has 0 amide bonds. The molecule has 0 bridgehead atoms. The summed E-state index contributed by atoms with van der Waals surface area (Å²) in [6, 6.07) is 1.14. The maximum atomic E-state index is 12.0. The zero-order valence-corrected chi connectivity index (χ0v) is 11.7. The molecule has 20 heavy (non-hydrogen) atoms. The minimum Gasteiger partial charge on any atom is -0.465 e. The molecule has 0 atom stereocenters. The van der Waals surface area contributed by atoms with Crippen LogP contribution in [0.1, 0.15) is 52.0 Å². The maximum Gasteiger partial charge on any atom is 0.341 e. The van der Waals surface area contributed by atoms with Crippen molar-refractivity contribution < 1.29 is 23.9 Å². The van der Waals surface area contributed by atoms with Crippen LogP contribution in [0.5, 0.6) is 0 Å². The van der Waals surface area contributed by atoms with Crippen LogP contribution < -0.4 is 5.73 Å². The molecule has 2 N–H and O–H groups in total. The monoisotopic (exact) mass is 280 g/mol. The van der Waals surface area contributed by atoms with Crippen LogP contribution >= 0.6 is 0 Å². The summed E-state index contributed by atoms with van der Waals surface area (Å²) in [6.07, 6.45) is 0.372. The van der Waals surface area contributed by atoms with Gasteiger partial charge in [0.05, 0.1) is 12.7 Å². The number of nitrogens with two attached hydrogens (primary N) is 1. The highest BCUT2D eigenvalue weighted by Crippen LogP contribution is 2.19. The Morgan fingerprint density at radius 1 is 1.25 bits per heavy atom. The summed E-state index contributed by atoms with van der Waals surface area (Å²) in [5, 5.41) is 0. The lowest BCUT2D eigenvalue weighted by atomic mass is 10.1. The van der Waals surface area contributed by atoms with Crippen LogP contribution in [-0.2, 0) is 9.47 Å². The van der Waals surface area contributed by atoms with Gasteiger partial charge in [0.1, 0.15) is 22.7 Å². The molecule has 1 rings (SSSR count). The van der Waals surface area contributed by atoms with E-state index in [9.17, 15) is 14.4 Å². The molecule has 0 fully saturated rings. The summed E-state index contributed by atoms with van der Waals surface area (Å²) in [5.41, 5.74) is 4.38. The van der Waals surface area contributed by atoms with Gasteiger partial charge in [-0.3, -0.25) is 4.79 Å². The molecule has 7 nitrogen and oxygen atoms in total. The lowest BCUT2D eigenvalue weighted by Gasteiger charge is -2.20. The van der Waals surface area contributed by atoms with E-state index in [1.165, 1.54) is 7.11 Å². The van der Waals surface area contributed by atoms with Gasteiger partial charge < -0.3 is 15.2 Å². The van der Waals surface area contributed by atoms with Gasteiger partial charge in [-0.2, -0.15) is 0 Å². The van der Waals surface area contributed by atoms with E-state index >= 15 is 0 Å². The number of anilines is 1. The van der Waals surface area contributed by atoms with Crippen LogP contribution in [0.2, 0.25) is 0 Å². The number of nitrogens with zero attached hydrogens (tertiary/aromatic N) is 1. The van der Waals surface area contributed by atoms with Crippen LogP contribution in [0.25, 0.3) is 0 Å². The molecule has 1 aromatic rings. The van der Waals surface area contributed by atoms with E-state index < -0.39 is 17.5 Å². The zero-order valence-electron chi connectivity index (χ0n) is 11.7. The molecule has 1 heterocycles. The molecule has 0 saturated carbocycles. The average molecular weight is 280 g/mol. The van der Waals surface area contributed by atoms with Crippen molar-refractivity contribution in [1.29, 1.82) is 0 Å². The number of carbonyl (C=O) groups excluding carboxylic acids is 3. The Morgan fingerprint density at radius 3 is 2.30 bits per heavy atom. The predicted octanol–water partition coefficient (Wildman–Crippen LogP) is 1.22. The molecule has 0 aliphatic heterocycles. The average Bonchev–Trinajstić information content (AvgIpc) is 2.35. The summed E-state index contributed by atoms with van der Waals surface area (Å²) in [7, 11) is 1.17. The highest BCUT2D eigenvalue weighted by Gasteiger charge is 2.24. The van der Waals surface area contributed by atoms with E-state index in [4.69, 9.17) is 10.5 Å². The fourth-order valence-corrected chi connectivity index (χ4v) is 1.40. The van der Waals surface area contributed by atoms with Gasteiger partial charge in [0.25, 0.3) is 0 Å². The quantitative estimate of drug-likeness (QED) is 0.654. The van der Waals surface area contributed by atoms with Gasteiger partial charge in [-0.15, -0.1) is 0 Å². The van der Waals surface area contributed by atoms with Crippen LogP contribution in [0.15, 0.2) is 6.07 Å². The van der Waals surface area contributed by atoms with E-state index in [0.29, 0.717) is 6.29 Å². The molecular weight excluding hydrogens is 264 g/mol. The topological polar surface area (TPSA) is 109 Å². The smallest absolute Gasteiger partial charge is 0.341 e. The van der Waals surface area contributed by atoms with Crippen LogP contribution in [-0.4, -0.2) is 35.9 Å². The molecule has 0 aliphatic carbocycles. The van der Waals surface area contributed by atoms with Crippen LogP contribution in [0.4, 0.5) is 5.82 Å². The van der Waals surface area contributed by atoms with Crippen molar-refractivity contribution in [3.8, 4) is 0 Å². The van der Waals surface area contributed by atoms with E-state index in [0.717, 1.165) is 6.07 Å². The first-order chi connectivity index (χ1) is 9.19. The fraction of sp³-hybridized carbons (Fsp3) is 0.385. The van der Waals surface area contributed by atoms with Gasteiger partial charge in [-0.05, 0) is 26.8 Å². The zero-order chi connectivity index (χ0) is 15.5. The van der Waals surface area contributed by atoms with Gasteiger partial charge in [0, 0.05) is 0 Å². The Balaban J connectivity index is 3.33. The van der Waals surface area contributed by atoms with Crippen molar-refractivity contribution in [2.75, 3.05) is 12.8 Å². The molecule has 1 aromatic heterocycles. The molecular formula is C13H16N2O5. The third kappa shape index (κ3) is 3.53. The largest absolute Gasteiger partial charge is 0.465 e. The number of rotatable bonds is 3. The van der Waals surface area contributed by atoms with E-state index in [1.54, 1.807) is 20.8 Å². The number of ether oxygens (including phenoxy) is 2. The number of aldehydes is 1. The Labute approximate surface area is 116 Å². The highest BCUT2D eigenvalue weighted by atomic mass is 16.6. The number of hydrogen-bond donors (Lipinski definition) is 1. The van der Waals surface area contributed by atoms with Crippen molar-refractivity contribution >= 4 is 24.0 Å². The second kappa shape index (κ2) is 5.68. The summed E-state index contributed by atoms with van der Waals surface area (Å²) >= 11 is 0. The summed E-state index contributed by atoms with van der Waals surface area (Å²) in [6.45, 7) is 5.03. The lowest BCUT2D eigenvalue weighted by molar-refractivity contribution is 0.00677. The molecule has 0 saturated heterocycles. The number of nitrogen functional groups attached to an aromatic ring is 1. The first-order valence-corrected chi connectivity index (χ1v) is 5.77. The highest BCUT2D eigenvalue weighted by molar-refractivity contribution is 6.02. The van der Waals surface area contributed by atoms with Gasteiger partial charge in [-0.25, -0.2) is 14.6 Å². The summed E-state index contributed by atoms with van der Waals surface area (Å²) in [4.78, 5) is 38.2. The number of methoxy groups -OCH3 is 1. The first-order valence-electron chi connectivity index (χ1n) is 5.77. The second-order valence-electron chi connectivity index (χ2n) is 4.97. The number of carbonyl (C=O) groups is 3. The molecule has 0 radical (unpaired) electrons. The second-order valence-corrected chi connectivity index (χ2v) is 4.97. The number of pyridine rings is 1. The van der Waals surface area contributed by atoms with Crippen molar-refractivity contribution in [2.24, 2.45) is 0 Å². The molecule has 108 valence electrons. The third-order valence-electron chi connectivity index (χ3n) is 2.22. The number of aromatic nitrogens is 1. The first kappa shape index (κ1) is 15.6. The molecule has 0 spiro atoms. The number of esters is 2. The minimum absolute atomic E-state index is 0.0982. The SMILES string of the molecule is COC(=O)c1cc(C(=O)OC(C)(C)C)c(C=O)nc1N. The minimum atomic E-state index is -0.766. The van der Waals surface area contributed by atoms with Crippen molar-refractivity contribution in [1.82, 2.24) is 4.98 Å². The maximum absolute atomic E-state index is 12.0. The Kier molecular flexibility index (Phi) is 4.44. The van der Waals surface area contributed by atoms with E-state index in [-0.39, 0.29) is 22.6 Å². The molecule has 0 aliphatic rings. The van der Waals surface area contributed by atoms with Gasteiger partial charge in [-0.1, -0.05) is 0 Å². The third-order valence-corrected chi connectivity index (χ3v) is 2.22. The van der Waals surface area contributed by atoms with Crippen molar-refractivity contribution in [2.45, 2.75) is 26.4 Å². The standard InChI is InChI=1S/C13H16N2O5/c1-13(2,3)20-12(18)7-5-8(11(17)19-4)10(14)15-9(7)6-16/h5-6H,1-4H3,(H2,14,15). The van der Waals surface area contributed by atoms with Gasteiger partial charge in [0.2, 0.25) is 0 Å². The number of hydrogen-bond acceptors (Lipinski definition) is 7. The molecule has 7 heteroatoms.